The molecule has 1 heterocycles. The van der Waals surface area contributed by atoms with Gasteiger partial charge in [-0.1, -0.05) is 37.6 Å². The lowest BCUT2D eigenvalue weighted by molar-refractivity contribution is 0.0607. The van der Waals surface area contributed by atoms with Crippen molar-refractivity contribution < 1.29 is 4.74 Å². The summed E-state index contributed by atoms with van der Waals surface area (Å²) in [6.45, 7) is 6.35. The lowest BCUT2D eigenvalue weighted by Gasteiger charge is -2.27. The SMILES string of the molecule is CCCNC(c1ccc(Cl)cc1)C1OCCC1C. The second-order valence-corrected chi connectivity index (χ2v) is 5.52. The first-order valence-corrected chi connectivity index (χ1v) is 7.20. The van der Waals surface area contributed by atoms with Crippen LogP contribution in [0.5, 0.6) is 0 Å². The van der Waals surface area contributed by atoms with Gasteiger partial charge in [0, 0.05) is 11.6 Å². The summed E-state index contributed by atoms with van der Waals surface area (Å²) < 4.78 is 5.91. The fraction of sp³-hybridized carbons (Fsp3) is 0.600. The molecule has 0 spiro atoms. The largest absolute Gasteiger partial charge is 0.376 e. The third-order valence-electron chi connectivity index (χ3n) is 3.62. The van der Waals surface area contributed by atoms with Crippen molar-refractivity contribution in [1.29, 1.82) is 0 Å². The summed E-state index contributed by atoms with van der Waals surface area (Å²) in [6.07, 6.45) is 2.56. The smallest absolute Gasteiger partial charge is 0.0795 e. The molecule has 2 rings (SSSR count). The van der Waals surface area contributed by atoms with E-state index >= 15 is 0 Å². The number of halogens is 1. The van der Waals surface area contributed by atoms with E-state index in [9.17, 15) is 0 Å². The van der Waals surface area contributed by atoms with Crippen LogP contribution in [-0.4, -0.2) is 19.3 Å². The van der Waals surface area contributed by atoms with E-state index in [1.807, 2.05) is 12.1 Å². The van der Waals surface area contributed by atoms with Gasteiger partial charge in [0.25, 0.3) is 0 Å². The molecule has 0 aliphatic carbocycles. The predicted octanol–water partition coefficient (Wildman–Crippen LogP) is 3.81. The highest BCUT2D eigenvalue weighted by atomic mass is 35.5. The molecule has 2 nitrogen and oxygen atoms in total. The molecule has 0 radical (unpaired) electrons. The van der Waals surface area contributed by atoms with Gasteiger partial charge < -0.3 is 10.1 Å². The van der Waals surface area contributed by atoms with Crippen molar-refractivity contribution in [3.8, 4) is 0 Å². The standard InChI is InChI=1S/C15H22ClNO/c1-3-9-17-14(15-11(2)8-10-18-15)12-4-6-13(16)7-5-12/h4-7,11,14-15,17H,3,8-10H2,1-2H3. The molecule has 3 heteroatoms. The van der Waals surface area contributed by atoms with Crippen LogP contribution < -0.4 is 5.32 Å². The predicted molar refractivity (Wildman–Crippen MR) is 76.0 cm³/mol. The van der Waals surface area contributed by atoms with E-state index in [2.05, 4.69) is 31.3 Å². The normalized spacial score (nSPS) is 25.3. The Morgan fingerprint density at radius 2 is 2.11 bits per heavy atom. The molecule has 3 unspecified atom stereocenters. The first kappa shape index (κ1) is 13.9. The van der Waals surface area contributed by atoms with Gasteiger partial charge in [0.15, 0.2) is 0 Å². The quantitative estimate of drug-likeness (QED) is 0.876. The van der Waals surface area contributed by atoms with Crippen molar-refractivity contribution in [3.63, 3.8) is 0 Å². The fourth-order valence-electron chi connectivity index (χ4n) is 2.54. The zero-order valence-corrected chi connectivity index (χ0v) is 11.9. The molecular weight excluding hydrogens is 246 g/mol. The summed E-state index contributed by atoms with van der Waals surface area (Å²) in [5, 5.41) is 4.39. The average molecular weight is 268 g/mol. The van der Waals surface area contributed by atoms with Gasteiger partial charge in [-0.3, -0.25) is 0 Å². The van der Waals surface area contributed by atoms with Gasteiger partial charge in [0.2, 0.25) is 0 Å². The van der Waals surface area contributed by atoms with E-state index in [0.29, 0.717) is 5.92 Å². The third-order valence-corrected chi connectivity index (χ3v) is 3.87. The summed E-state index contributed by atoms with van der Waals surface area (Å²) in [7, 11) is 0. The molecular formula is C15H22ClNO. The van der Waals surface area contributed by atoms with E-state index < -0.39 is 0 Å². The highest BCUT2D eigenvalue weighted by Crippen LogP contribution is 2.31. The topological polar surface area (TPSA) is 21.3 Å². The van der Waals surface area contributed by atoms with Crippen molar-refractivity contribution in [1.82, 2.24) is 5.32 Å². The first-order valence-electron chi connectivity index (χ1n) is 6.83. The van der Waals surface area contributed by atoms with E-state index in [0.717, 1.165) is 31.0 Å². The van der Waals surface area contributed by atoms with Crippen LogP contribution in [0.15, 0.2) is 24.3 Å². The molecule has 3 atom stereocenters. The molecule has 0 aromatic heterocycles. The number of hydrogen-bond acceptors (Lipinski definition) is 2. The van der Waals surface area contributed by atoms with Gasteiger partial charge >= 0.3 is 0 Å². The van der Waals surface area contributed by atoms with Crippen molar-refractivity contribution in [2.24, 2.45) is 5.92 Å². The van der Waals surface area contributed by atoms with Crippen LogP contribution in [0.1, 0.15) is 38.3 Å². The fourth-order valence-corrected chi connectivity index (χ4v) is 2.66. The lowest BCUT2D eigenvalue weighted by Crippen LogP contribution is -2.35. The summed E-state index contributed by atoms with van der Waals surface area (Å²) in [4.78, 5) is 0. The van der Waals surface area contributed by atoms with Gasteiger partial charge in [-0.25, -0.2) is 0 Å². The maximum atomic E-state index is 5.96. The minimum Gasteiger partial charge on any atom is -0.376 e. The molecule has 18 heavy (non-hydrogen) atoms. The Labute approximate surface area is 115 Å². The van der Waals surface area contributed by atoms with E-state index in [1.54, 1.807) is 0 Å². The molecule has 1 N–H and O–H groups in total. The molecule has 0 bridgehead atoms. The van der Waals surface area contributed by atoms with Gasteiger partial charge in [0.1, 0.15) is 0 Å². The van der Waals surface area contributed by atoms with Crippen molar-refractivity contribution in [3.05, 3.63) is 34.9 Å². The molecule has 1 aromatic rings. The van der Waals surface area contributed by atoms with E-state index in [-0.39, 0.29) is 12.1 Å². The Kier molecular flexibility index (Phi) is 5.04. The Bertz CT molecular complexity index is 365. The number of ether oxygens (including phenoxy) is 1. The summed E-state index contributed by atoms with van der Waals surface area (Å²) in [5.74, 6) is 0.607. The number of nitrogens with one attached hydrogen (secondary N) is 1. The highest BCUT2D eigenvalue weighted by molar-refractivity contribution is 6.30. The van der Waals surface area contributed by atoms with Crippen LogP contribution in [0.4, 0.5) is 0 Å². The lowest BCUT2D eigenvalue weighted by atomic mass is 9.92. The summed E-state index contributed by atoms with van der Waals surface area (Å²) in [5.41, 5.74) is 1.27. The van der Waals surface area contributed by atoms with Crippen LogP contribution in [0.3, 0.4) is 0 Å². The van der Waals surface area contributed by atoms with Crippen molar-refractivity contribution in [2.75, 3.05) is 13.2 Å². The minimum atomic E-state index is 0.276. The molecule has 1 saturated heterocycles. The molecule has 1 aliphatic heterocycles. The number of benzene rings is 1. The second kappa shape index (κ2) is 6.55. The Balaban J connectivity index is 2.15. The summed E-state index contributed by atoms with van der Waals surface area (Å²) >= 11 is 5.96. The van der Waals surface area contributed by atoms with Crippen LogP contribution >= 0.6 is 11.6 Å². The van der Waals surface area contributed by atoms with Crippen molar-refractivity contribution in [2.45, 2.75) is 38.8 Å². The number of hydrogen-bond donors (Lipinski definition) is 1. The van der Waals surface area contributed by atoms with E-state index in [4.69, 9.17) is 16.3 Å². The van der Waals surface area contributed by atoms with Crippen molar-refractivity contribution >= 4 is 11.6 Å². The second-order valence-electron chi connectivity index (χ2n) is 5.08. The third kappa shape index (κ3) is 3.25. The van der Waals surface area contributed by atoms with Crippen LogP contribution in [0.25, 0.3) is 0 Å². The van der Waals surface area contributed by atoms with Gasteiger partial charge in [-0.05, 0) is 43.0 Å². The zero-order valence-electron chi connectivity index (χ0n) is 11.2. The monoisotopic (exact) mass is 267 g/mol. The average Bonchev–Trinajstić information content (AvgIpc) is 2.78. The van der Waals surface area contributed by atoms with Crippen LogP contribution in [0, 0.1) is 5.92 Å². The molecule has 1 fully saturated rings. The molecule has 0 saturated carbocycles. The van der Waals surface area contributed by atoms with Gasteiger partial charge in [0.05, 0.1) is 12.1 Å². The van der Waals surface area contributed by atoms with E-state index in [1.165, 1.54) is 5.56 Å². The molecule has 1 aromatic carbocycles. The molecule has 1 aliphatic rings. The molecule has 0 amide bonds. The maximum absolute atomic E-state index is 5.96. The Hall–Kier alpha value is -0.570. The number of rotatable bonds is 5. The first-order chi connectivity index (χ1) is 8.72. The molecule has 100 valence electrons. The van der Waals surface area contributed by atoms with Gasteiger partial charge in [-0.15, -0.1) is 0 Å². The van der Waals surface area contributed by atoms with Crippen LogP contribution in [-0.2, 0) is 4.74 Å². The van der Waals surface area contributed by atoms with Crippen LogP contribution in [0.2, 0.25) is 5.02 Å². The summed E-state index contributed by atoms with van der Waals surface area (Å²) in [6, 6.07) is 8.39. The minimum absolute atomic E-state index is 0.276. The Morgan fingerprint density at radius 1 is 1.39 bits per heavy atom. The van der Waals surface area contributed by atoms with Gasteiger partial charge in [-0.2, -0.15) is 0 Å². The highest BCUT2D eigenvalue weighted by Gasteiger charge is 2.32. The zero-order chi connectivity index (χ0) is 13.0. The Morgan fingerprint density at radius 3 is 2.67 bits per heavy atom. The maximum Gasteiger partial charge on any atom is 0.0795 e.